The highest BCUT2D eigenvalue weighted by molar-refractivity contribution is 5.83. The van der Waals surface area contributed by atoms with Crippen molar-refractivity contribution < 1.29 is 9.13 Å². The molecule has 2 aromatic heterocycles. The van der Waals surface area contributed by atoms with Crippen LogP contribution in [0.5, 0.6) is 5.75 Å². The average Bonchev–Trinajstić information content (AvgIpc) is 2.87. The number of ether oxygens (including phenoxy) is 1. The van der Waals surface area contributed by atoms with Crippen molar-refractivity contribution in [2.45, 2.75) is 31.8 Å². The molecule has 33 heavy (non-hydrogen) atoms. The van der Waals surface area contributed by atoms with Crippen molar-refractivity contribution in [3.05, 3.63) is 71.8 Å². The Kier molecular flexibility index (Phi) is 6.41. The van der Waals surface area contributed by atoms with Crippen LogP contribution in [0, 0.1) is 5.82 Å². The average molecular weight is 446 g/mol. The minimum Gasteiger partial charge on any atom is -0.497 e. The second-order valence-electron chi connectivity index (χ2n) is 8.61. The van der Waals surface area contributed by atoms with Crippen molar-refractivity contribution in [3.63, 3.8) is 0 Å². The Hall–Kier alpha value is -3.16. The molecule has 0 amide bonds. The molecule has 4 aromatic rings. The maximum atomic E-state index is 14.6. The first-order valence-electron chi connectivity index (χ1n) is 11.5. The van der Waals surface area contributed by atoms with Gasteiger partial charge in [0.25, 0.3) is 0 Å². The van der Waals surface area contributed by atoms with Crippen LogP contribution in [0.4, 0.5) is 4.39 Å². The second-order valence-corrected chi connectivity index (χ2v) is 8.61. The molecule has 0 spiro atoms. The first-order chi connectivity index (χ1) is 16.2. The lowest BCUT2D eigenvalue weighted by atomic mass is 10.0. The summed E-state index contributed by atoms with van der Waals surface area (Å²) in [5.74, 6) is 0.475. The molecule has 1 aliphatic rings. The van der Waals surface area contributed by atoms with E-state index in [1.165, 1.54) is 6.20 Å². The van der Waals surface area contributed by atoms with Crippen molar-refractivity contribution in [2.24, 2.45) is 0 Å². The number of aromatic nitrogens is 3. The first-order valence-corrected chi connectivity index (χ1v) is 11.5. The van der Waals surface area contributed by atoms with E-state index >= 15 is 0 Å². The number of halogens is 1. The van der Waals surface area contributed by atoms with Gasteiger partial charge in [0.05, 0.1) is 30.0 Å². The lowest BCUT2D eigenvalue weighted by molar-refractivity contribution is 0.198. The number of methoxy groups -OCH3 is 1. The van der Waals surface area contributed by atoms with Crippen LogP contribution in [0.1, 0.15) is 24.1 Å². The zero-order valence-corrected chi connectivity index (χ0v) is 18.8. The summed E-state index contributed by atoms with van der Waals surface area (Å²) in [6, 6.07) is 16.2. The van der Waals surface area contributed by atoms with Gasteiger partial charge in [-0.3, -0.25) is 4.98 Å². The number of likely N-dealkylation sites (tertiary alicyclic amines) is 1. The number of benzene rings is 2. The summed E-state index contributed by atoms with van der Waals surface area (Å²) in [5, 5.41) is 14.2. The summed E-state index contributed by atoms with van der Waals surface area (Å²) in [6.07, 6.45) is 4.11. The van der Waals surface area contributed by atoms with Crippen LogP contribution in [-0.2, 0) is 13.0 Å². The predicted octanol–water partition coefficient (Wildman–Crippen LogP) is 4.12. The van der Waals surface area contributed by atoms with Crippen LogP contribution in [-0.4, -0.2) is 52.9 Å². The van der Waals surface area contributed by atoms with E-state index in [1.807, 2.05) is 36.4 Å². The van der Waals surface area contributed by atoms with E-state index in [0.717, 1.165) is 72.3 Å². The van der Waals surface area contributed by atoms with E-state index in [1.54, 1.807) is 7.11 Å². The van der Waals surface area contributed by atoms with E-state index in [2.05, 4.69) is 37.5 Å². The van der Waals surface area contributed by atoms with Gasteiger partial charge in [0.2, 0.25) is 0 Å². The molecule has 6 nitrogen and oxygen atoms in total. The minimum absolute atomic E-state index is 0.246. The van der Waals surface area contributed by atoms with Crippen LogP contribution < -0.4 is 10.1 Å². The number of pyridine rings is 1. The fourth-order valence-corrected chi connectivity index (χ4v) is 4.58. The second kappa shape index (κ2) is 9.77. The third kappa shape index (κ3) is 4.94. The Labute approximate surface area is 192 Å². The van der Waals surface area contributed by atoms with Gasteiger partial charge in [-0.15, -0.1) is 0 Å². The Morgan fingerprint density at radius 2 is 1.91 bits per heavy atom. The van der Waals surface area contributed by atoms with E-state index < -0.39 is 0 Å². The van der Waals surface area contributed by atoms with Crippen LogP contribution >= 0.6 is 0 Å². The van der Waals surface area contributed by atoms with Crippen LogP contribution in [0.15, 0.2) is 54.7 Å². The number of hydrogen-bond acceptors (Lipinski definition) is 6. The molecule has 1 aliphatic heterocycles. The zero-order valence-electron chi connectivity index (χ0n) is 18.8. The summed E-state index contributed by atoms with van der Waals surface area (Å²) in [4.78, 5) is 6.64. The SMILES string of the molecule is COc1ccc2ncc(F)c(CCN3CCC(NCc4cc5ccccc5nn4)CC3)c2c1. The molecule has 170 valence electrons. The molecular weight excluding hydrogens is 417 g/mol. The molecule has 2 aromatic carbocycles. The number of nitrogens with zero attached hydrogens (tertiary/aromatic N) is 4. The van der Waals surface area contributed by atoms with Crippen molar-refractivity contribution >= 4 is 21.8 Å². The van der Waals surface area contributed by atoms with Gasteiger partial charge in [-0.25, -0.2) is 4.39 Å². The number of hydrogen-bond donors (Lipinski definition) is 1. The molecule has 0 aliphatic carbocycles. The van der Waals surface area contributed by atoms with Crippen molar-refractivity contribution in [3.8, 4) is 5.75 Å². The standard InChI is InChI=1S/C26H28FN5O/c1-33-21-6-7-26-23(15-21)22(24(27)17-29-26)10-13-32-11-8-19(9-12-32)28-16-20-14-18-4-2-3-5-25(18)31-30-20/h2-7,14-15,17,19,28H,8-13,16H2,1H3. The Morgan fingerprint density at radius 3 is 2.76 bits per heavy atom. The highest BCUT2D eigenvalue weighted by Crippen LogP contribution is 2.25. The molecule has 3 heterocycles. The smallest absolute Gasteiger partial charge is 0.145 e. The molecule has 0 saturated carbocycles. The number of nitrogens with one attached hydrogen (secondary N) is 1. The van der Waals surface area contributed by atoms with E-state index in [0.29, 0.717) is 18.0 Å². The summed E-state index contributed by atoms with van der Waals surface area (Å²) in [5.41, 5.74) is 3.40. The lowest BCUT2D eigenvalue weighted by Crippen LogP contribution is -2.43. The monoisotopic (exact) mass is 445 g/mol. The highest BCUT2D eigenvalue weighted by atomic mass is 19.1. The molecule has 1 saturated heterocycles. The van der Waals surface area contributed by atoms with Gasteiger partial charge in [-0.1, -0.05) is 18.2 Å². The summed E-state index contributed by atoms with van der Waals surface area (Å²) >= 11 is 0. The van der Waals surface area contributed by atoms with Gasteiger partial charge in [0.1, 0.15) is 11.6 Å². The zero-order chi connectivity index (χ0) is 22.6. The largest absolute Gasteiger partial charge is 0.497 e. The van der Waals surface area contributed by atoms with Gasteiger partial charge in [-0.2, -0.15) is 10.2 Å². The van der Waals surface area contributed by atoms with Crippen molar-refractivity contribution in [1.29, 1.82) is 0 Å². The first kappa shape index (κ1) is 21.7. The highest BCUT2D eigenvalue weighted by Gasteiger charge is 2.20. The van der Waals surface area contributed by atoms with E-state index in [9.17, 15) is 4.39 Å². The fourth-order valence-electron chi connectivity index (χ4n) is 4.58. The van der Waals surface area contributed by atoms with Crippen LogP contribution in [0.2, 0.25) is 0 Å². The van der Waals surface area contributed by atoms with Gasteiger partial charge >= 0.3 is 0 Å². The van der Waals surface area contributed by atoms with Crippen LogP contribution in [0.3, 0.4) is 0 Å². The third-order valence-electron chi connectivity index (χ3n) is 6.52. The van der Waals surface area contributed by atoms with E-state index in [-0.39, 0.29) is 5.82 Å². The quantitative estimate of drug-likeness (QED) is 0.462. The van der Waals surface area contributed by atoms with Crippen molar-refractivity contribution in [2.75, 3.05) is 26.7 Å². The molecule has 1 N–H and O–H groups in total. The van der Waals surface area contributed by atoms with Gasteiger partial charge in [-0.05, 0) is 62.7 Å². The maximum Gasteiger partial charge on any atom is 0.145 e. The predicted molar refractivity (Wildman–Crippen MR) is 128 cm³/mol. The number of piperidine rings is 1. The number of rotatable bonds is 7. The molecule has 7 heteroatoms. The van der Waals surface area contributed by atoms with Gasteiger partial charge < -0.3 is 15.0 Å². The summed E-state index contributed by atoms with van der Waals surface area (Å²) < 4.78 is 19.9. The molecule has 1 fully saturated rings. The number of fused-ring (bicyclic) bond motifs is 2. The molecule has 0 bridgehead atoms. The lowest BCUT2D eigenvalue weighted by Gasteiger charge is -2.32. The molecule has 0 atom stereocenters. The topological polar surface area (TPSA) is 63.2 Å². The Bertz CT molecular complexity index is 1260. The van der Waals surface area contributed by atoms with Gasteiger partial charge in [0, 0.05) is 35.5 Å². The molecule has 5 rings (SSSR count). The summed E-state index contributed by atoms with van der Waals surface area (Å²) in [7, 11) is 1.62. The molecule has 0 unspecified atom stereocenters. The molecule has 0 radical (unpaired) electrons. The fraction of sp³-hybridized carbons (Fsp3) is 0.346. The molecular formula is C26H28FN5O. The normalized spacial score (nSPS) is 15.3. The van der Waals surface area contributed by atoms with Crippen LogP contribution in [0.25, 0.3) is 21.8 Å². The Balaban J connectivity index is 1.15. The Morgan fingerprint density at radius 1 is 1.06 bits per heavy atom. The van der Waals surface area contributed by atoms with Crippen molar-refractivity contribution in [1.82, 2.24) is 25.4 Å². The maximum absolute atomic E-state index is 14.6. The minimum atomic E-state index is -0.246. The third-order valence-corrected chi connectivity index (χ3v) is 6.52. The van der Waals surface area contributed by atoms with E-state index in [4.69, 9.17) is 4.74 Å². The summed E-state index contributed by atoms with van der Waals surface area (Å²) in [6.45, 7) is 3.54. The van der Waals surface area contributed by atoms with Gasteiger partial charge in [0.15, 0.2) is 0 Å².